The molecule has 1 fully saturated rings. The molecule has 3 aromatic rings. The SMILES string of the molecule is CCn1c(=O)c2ccccc2n2c(CN3C(=O)CSC3=CC(=O)C(C)(C)C)nnc12. The van der Waals surface area contributed by atoms with E-state index in [-0.39, 0.29) is 29.5 Å². The van der Waals surface area contributed by atoms with Gasteiger partial charge in [0.15, 0.2) is 11.6 Å². The number of carbonyl (C=O) groups is 2. The molecule has 4 rings (SSSR count). The Morgan fingerprint density at radius 1 is 1.20 bits per heavy atom. The van der Waals surface area contributed by atoms with Crippen LogP contribution in [0.25, 0.3) is 16.7 Å². The van der Waals surface area contributed by atoms with Crippen LogP contribution in [0, 0.1) is 5.41 Å². The summed E-state index contributed by atoms with van der Waals surface area (Å²) < 4.78 is 3.39. The monoisotopic (exact) mass is 425 g/mol. The number of allylic oxidation sites excluding steroid dienone is 1. The zero-order valence-corrected chi connectivity index (χ0v) is 18.2. The lowest BCUT2D eigenvalue weighted by Gasteiger charge is -2.19. The normalized spacial score (nSPS) is 16.3. The van der Waals surface area contributed by atoms with Crippen LogP contribution in [0.5, 0.6) is 0 Å². The molecule has 0 saturated carbocycles. The van der Waals surface area contributed by atoms with E-state index in [2.05, 4.69) is 10.2 Å². The number of hydrogen-bond donors (Lipinski definition) is 0. The Kier molecular flexibility index (Phi) is 5.01. The molecular formula is C21H23N5O3S. The fourth-order valence-corrected chi connectivity index (χ4v) is 4.31. The summed E-state index contributed by atoms with van der Waals surface area (Å²) in [7, 11) is 0. The van der Waals surface area contributed by atoms with Crippen molar-refractivity contribution < 1.29 is 9.59 Å². The van der Waals surface area contributed by atoms with E-state index in [1.807, 2.05) is 50.3 Å². The van der Waals surface area contributed by atoms with Crippen molar-refractivity contribution in [2.24, 2.45) is 5.41 Å². The maximum Gasteiger partial charge on any atom is 0.262 e. The predicted octanol–water partition coefficient (Wildman–Crippen LogP) is 2.60. The highest BCUT2D eigenvalue weighted by atomic mass is 32.2. The summed E-state index contributed by atoms with van der Waals surface area (Å²) in [6.45, 7) is 8.04. The first-order chi connectivity index (χ1) is 14.2. The number of rotatable bonds is 4. The molecular weight excluding hydrogens is 402 g/mol. The number of nitrogens with zero attached hydrogens (tertiary/aromatic N) is 5. The lowest BCUT2D eigenvalue weighted by molar-refractivity contribution is -0.126. The number of benzene rings is 1. The number of ketones is 1. The van der Waals surface area contributed by atoms with Crippen LogP contribution >= 0.6 is 11.8 Å². The summed E-state index contributed by atoms with van der Waals surface area (Å²) in [6, 6.07) is 7.29. The Labute approximate surface area is 177 Å². The molecule has 0 bridgehead atoms. The second-order valence-corrected chi connectivity index (χ2v) is 9.18. The minimum absolute atomic E-state index is 0.0407. The molecule has 156 valence electrons. The molecule has 1 saturated heterocycles. The van der Waals surface area contributed by atoms with E-state index in [9.17, 15) is 14.4 Å². The molecule has 1 aliphatic rings. The van der Waals surface area contributed by atoms with E-state index in [0.29, 0.717) is 34.1 Å². The summed E-state index contributed by atoms with van der Waals surface area (Å²) in [5, 5.41) is 9.71. The molecule has 2 aromatic heterocycles. The van der Waals surface area contributed by atoms with Crippen LogP contribution in [0.3, 0.4) is 0 Å². The molecule has 9 heteroatoms. The molecule has 30 heavy (non-hydrogen) atoms. The second kappa shape index (κ2) is 7.39. The molecule has 1 amide bonds. The van der Waals surface area contributed by atoms with E-state index in [1.165, 1.54) is 11.8 Å². The van der Waals surface area contributed by atoms with Crippen molar-refractivity contribution in [3.05, 3.63) is 51.5 Å². The fourth-order valence-electron chi connectivity index (χ4n) is 3.37. The Morgan fingerprint density at radius 3 is 2.63 bits per heavy atom. The van der Waals surface area contributed by atoms with Gasteiger partial charge in [-0.15, -0.1) is 10.2 Å². The minimum Gasteiger partial charge on any atom is -0.298 e. The zero-order chi connectivity index (χ0) is 21.6. The van der Waals surface area contributed by atoms with Crippen LogP contribution in [-0.2, 0) is 22.7 Å². The number of para-hydroxylation sites is 1. The number of aromatic nitrogens is 4. The highest BCUT2D eigenvalue weighted by molar-refractivity contribution is 8.04. The molecule has 0 unspecified atom stereocenters. The molecule has 3 heterocycles. The average Bonchev–Trinajstić information content (AvgIpc) is 3.27. The number of fused-ring (bicyclic) bond motifs is 3. The largest absolute Gasteiger partial charge is 0.298 e. The van der Waals surface area contributed by atoms with Crippen molar-refractivity contribution in [2.75, 3.05) is 5.75 Å². The van der Waals surface area contributed by atoms with Crippen molar-refractivity contribution in [2.45, 2.75) is 40.8 Å². The molecule has 1 aliphatic heterocycles. The quantitative estimate of drug-likeness (QED) is 0.597. The summed E-state index contributed by atoms with van der Waals surface area (Å²) in [5.41, 5.74) is 0.0429. The van der Waals surface area contributed by atoms with Gasteiger partial charge >= 0.3 is 0 Å². The van der Waals surface area contributed by atoms with Crippen LogP contribution in [0.15, 0.2) is 40.2 Å². The molecule has 8 nitrogen and oxygen atoms in total. The summed E-state index contributed by atoms with van der Waals surface area (Å²) in [5.74, 6) is 1.12. The van der Waals surface area contributed by atoms with Gasteiger partial charge in [0.1, 0.15) is 0 Å². The van der Waals surface area contributed by atoms with Gasteiger partial charge in [-0.1, -0.05) is 44.7 Å². The van der Waals surface area contributed by atoms with E-state index < -0.39 is 5.41 Å². The van der Waals surface area contributed by atoms with Crippen molar-refractivity contribution in [3.8, 4) is 0 Å². The number of carbonyl (C=O) groups excluding carboxylic acids is 2. The topological polar surface area (TPSA) is 89.6 Å². The maximum absolute atomic E-state index is 12.8. The van der Waals surface area contributed by atoms with Gasteiger partial charge < -0.3 is 0 Å². The highest BCUT2D eigenvalue weighted by Gasteiger charge is 2.31. The molecule has 0 spiro atoms. The maximum atomic E-state index is 12.8. The first-order valence-electron chi connectivity index (χ1n) is 9.77. The first-order valence-corrected chi connectivity index (χ1v) is 10.8. The summed E-state index contributed by atoms with van der Waals surface area (Å²) in [4.78, 5) is 39.4. The summed E-state index contributed by atoms with van der Waals surface area (Å²) in [6.07, 6.45) is 1.54. The van der Waals surface area contributed by atoms with Gasteiger partial charge in [-0.2, -0.15) is 0 Å². The van der Waals surface area contributed by atoms with E-state index in [4.69, 9.17) is 0 Å². The minimum atomic E-state index is -0.528. The van der Waals surface area contributed by atoms with Crippen LogP contribution in [0.4, 0.5) is 0 Å². The van der Waals surface area contributed by atoms with Gasteiger partial charge in [-0.05, 0) is 19.1 Å². The van der Waals surface area contributed by atoms with Gasteiger partial charge in [-0.3, -0.25) is 28.3 Å². The third-order valence-corrected chi connectivity index (χ3v) is 6.12. The van der Waals surface area contributed by atoms with Crippen LogP contribution in [0.2, 0.25) is 0 Å². The van der Waals surface area contributed by atoms with Crippen LogP contribution < -0.4 is 5.56 Å². The number of amides is 1. The Bertz CT molecular complexity index is 1270. The van der Waals surface area contributed by atoms with Crippen molar-refractivity contribution in [1.82, 2.24) is 24.1 Å². The molecule has 0 radical (unpaired) electrons. The van der Waals surface area contributed by atoms with Crippen molar-refractivity contribution in [3.63, 3.8) is 0 Å². The lowest BCUT2D eigenvalue weighted by Crippen LogP contribution is -2.27. The second-order valence-electron chi connectivity index (χ2n) is 8.18. The lowest BCUT2D eigenvalue weighted by atomic mass is 9.91. The molecule has 0 N–H and O–H groups in total. The number of hydrogen-bond acceptors (Lipinski definition) is 6. The first kappa shape index (κ1) is 20.3. The third-order valence-electron chi connectivity index (χ3n) is 5.10. The highest BCUT2D eigenvalue weighted by Crippen LogP contribution is 2.32. The third kappa shape index (κ3) is 3.32. The predicted molar refractivity (Wildman–Crippen MR) is 116 cm³/mol. The average molecular weight is 426 g/mol. The van der Waals surface area contributed by atoms with Gasteiger partial charge in [0.2, 0.25) is 11.7 Å². The number of thioether (sulfide) groups is 1. The van der Waals surface area contributed by atoms with E-state index >= 15 is 0 Å². The molecule has 0 atom stereocenters. The Hall–Kier alpha value is -2.94. The van der Waals surface area contributed by atoms with Gasteiger partial charge in [-0.25, -0.2) is 0 Å². The standard InChI is InChI=1S/C21H23N5O3S/c1-5-24-19(29)13-8-6-7-9-14(13)26-16(22-23-20(24)26)11-25-17(28)12-30-18(25)10-15(27)21(2,3)4/h6-10H,5,11-12H2,1-4H3. The van der Waals surface area contributed by atoms with E-state index in [0.717, 1.165) is 0 Å². The smallest absolute Gasteiger partial charge is 0.262 e. The van der Waals surface area contributed by atoms with Crippen molar-refractivity contribution in [1.29, 1.82) is 0 Å². The zero-order valence-electron chi connectivity index (χ0n) is 17.4. The van der Waals surface area contributed by atoms with Crippen molar-refractivity contribution >= 4 is 40.1 Å². The molecule has 1 aromatic carbocycles. The van der Waals surface area contributed by atoms with Crippen LogP contribution in [0.1, 0.15) is 33.5 Å². The fraction of sp³-hybridized carbons (Fsp3) is 0.381. The Morgan fingerprint density at radius 2 is 1.93 bits per heavy atom. The van der Waals surface area contributed by atoms with Gasteiger partial charge in [0.05, 0.1) is 28.2 Å². The summed E-state index contributed by atoms with van der Waals surface area (Å²) >= 11 is 1.35. The van der Waals surface area contributed by atoms with Gasteiger partial charge in [0, 0.05) is 18.0 Å². The van der Waals surface area contributed by atoms with Crippen LogP contribution in [-0.4, -0.2) is 41.5 Å². The van der Waals surface area contributed by atoms with E-state index in [1.54, 1.807) is 21.6 Å². The molecule has 0 aliphatic carbocycles. The Balaban J connectivity index is 1.84. The van der Waals surface area contributed by atoms with Gasteiger partial charge in [0.25, 0.3) is 5.56 Å². The number of aryl methyl sites for hydroxylation is 1.